The molecule has 1 unspecified atom stereocenters. The highest BCUT2D eigenvalue weighted by Crippen LogP contribution is 2.28. The average Bonchev–Trinajstić information content (AvgIpc) is 3.03. The second kappa shape index (κ2) is 8.63. The number of benzene rings is 3. The second-order valence-electron chi connectivity index (χ2n) is 7.90. The molecule has 0 saturated carbocycles. The normalized spacial score (nSPS) is 13.9. The Morgan fingerprint density at radius 1 is 0.875 bits per heavy atom. The number of anilines is 1. The Labute approximate surface area is 185 Å². The SMILES string of the molecule is CC(C)C(C(=O)OCC(=O)Nc1cccc2ccccc12)N1C(=O)c2ccccc2C1=O. The Bertz CT molecular complexity index is 1190. The maximum absolute atomic E-state index is 12.8. The van der Waals surface area contributed by atoms with E-state index in [0.717, 1.165) is 15.7 Å². The molecule has 1 N–H and O–H groups in total. The van der Waals surface area contributed by atoms with E-state index >= 15 is 0 Å². The highest BCUT2D eigenvalue weighted by atomic mass is 16.5. The zero-order valence-corrected chi connectivity index (χ0v) is 17.7. The molecule has 0 aliphatic carbocycles. The molecule has 7 heteroatoms. The highest BCUT2D eigenvalue weighted by molar-refractivity contribution is 6.22. The third-order valence-corrected chi connectivity index (χ3v) is 5.39. The van der Waals surface area contributed by atoms with Gasteiger partial charge in [0, 0.05) is 11.1 Å². The summed E-state index contributed by atoms with van der Waals surface area (Å²) in [5.41, 5.74) is 1.11. The van der Waals surface area contributed by atoms with E-state index in [1.165, 1.54) is 0 Å². The van der Waals surface area contributed by atoms with E-state index in [-0.39, 0.29) is 11.1 Å². The summed E-state index contributed by atoms with van der Waals surface area (Å²) in [4.78, 5) is 51.8. The van der Waals surface area contributed by atoms with E-state index in [9.17, 15) is 19.2 Å². The molecule has 3 amide bonds. The largest absolute Gasteiger partial charge is 0.454 e. The topological polar surface area (TPSA) is 92.8 Å². The molecular formula is C25H22N2O5. The Balaban J connectivity index is 1.46. The maximum Gasteiger partial charge on any atom is 0.330 e. The van der Waals surface area contributed by atoms with Crippen molar-refractivity contribution in [2.45, 2.75) is 19.9 Å². The van der Waals surface area contributed by atoms with E-state index < -0.39 is 42.3 Å². The first-order valence-corrected chi connectivity index (χ1v) is 10.3. The number of nitrogens with zero attached hydrogens (tertiary/aromatic N) is 1. The fourth-order valence-electron chi connectivity index (χ4n) is 3.88. The first kappa shape index (κ1) is 21.2. The molecule has 7 nitrogen and oxygen atoms in total. The van der Waals surface area contributed by atoms with Crippen molar-refractivity contribution in [2.24, 2.45) is 5.92 Å². The number of hydrogen-bond acceptors (Lipinski definition) is 5. The van der Waals surface area contributed by atoms with E-state index in [4.69, 9.17) is 4.74 Å². The van der Waals surface area contributed by atoms with Crippen LogP contribution in [0.15, 0.2) is 66.7 Å². The van der Waals surface area contributed by atoms with Crippen LogP contribution in [0.4, 0.5) is 5.69 Å². The van der Waals surface area contributed by atoms with Crippen molar-refractivity contribution >= 4 is 40.2 Å². The highest BCUT2D eigenvalue weighted by Gasteiger charge is 2.44. The lowest BCUT2D eigenvalue weighted by molar-refractivity contribution is -0.152. The Morgan fingerprint density at radius 2 is 1.47 bits per heavy atom. The summed E-state index contributed by atoms with van der Waals surface area (Å²) in [6, 6.07) is 18.4. The van der Waals surface area contributed by atoms with Crippen LogP contribution >= 0.6 is 0 Å². The van der Waals surface area contributed by atoms with Gasteiger partial charge in [-0.2, -0.15) is 0 Å². The Kier molecular flexibility index (Phi) is 5.73. The molecule has 0 spiro atoms. The third kappa shape index (κ3) is 3.85. The van der Waals surface area contributed by atoms with Crippen molar-refractivity contribution in [3.05, 3.63) is 77.9 Å². The van der Waals surface area contributed by atoms with Gasteiger partial charge in [-0.1, -0.05) is 62.4 Å². The molecule has 1 atom stereocenters. The number of fused-ring (bicyclic) bond motifs is 2. The van der Waals surface area contributed by atoms with Crippen molar-refractivity contribution in [3.63, 3.8) is 0 Å². The minimum absolute atomic E-state index is 0.254. The minimum atomic E-state index is -1.13. The van der Waals surface area contributed by atoms with Crippen LogP contribution in [0.5, 0.6) is 0 Å². The molecule has 0 saturated heterocycles. The second-order valence-corrected chi connectivity index (χ2v) is 7.90. The predicted molar refractivity (Wildman–Crippen MR) is 119 cm³/mol. The minimum Gasteiger partial charge on any atom is -0.454 e. The van der Waals surface area contributed by atoms with Crippen LogP contribution in [-0.2, 0) is 14.3 Å². The molecule has 0 fully saturated rings. The maximum atomic E-state index is 12.8. The fourth-order valence-corrected chi connectivity index (χ4v) is 3.88. The molecule has 1 aliphatic heterocycles. The van der Waals surface area contributed by atoms with Gasteiger partial charge in [0.05, 0.1) is 11.1 Å². The standard InChI is InChI=1S/C25H22N2O5/c1-15(2)22(27-23(29)18-11-5-6-12-19(18)24(27)30)25(31)32-14-21(28)26-20-13-7-9-16-8-3-4-10-17(16)20/h3-13,15,22H,14H2,1-2H3,(H,26,28). The molecule has 1 aliphatic rings. The predicted octanol–water partition coefficient (Wildman–Crippen LogP) is 3.64. The van der Waals surface area contributed by atoms with Crippen molar-refractivity contribution in [1.82, 2.24) is 4.90 Å². The molecule has 3 aromatic carbocycles. The van der Waals surface area contributed by atoms with Crippen LogP contribution < -0.4 is 5.32 Å². The molecule has 0 radical (unpaired) electrons. The fraction of sp³-hybridized carbons (Fsp3) is 0.200. The van der Waals surface area contributed by atoms with E-state index in [2.05, 4.69) is 5.32 Å². The van der Waals surface area contributed by atoms with Crippen LogP contribution in [0, 0.1) is 5.92 Å². The number of ether oxygens (including phenoxy) is 1. The number of carbonyl (C=O) groups is 4. The van der Waals surface area contributed by atoms with Crippen LogP contribution in [-0.4, -0.2) is 41.2 Å². The molecular weight excluding hydrogens is 408 g/mol. The smallest absolute Gasteiger partial charge is 0.330 e. The van der Waals surface area contributed by atoms with Crippen molar-refractivity contribution < 1.29 is 23.9 Å². The van der Waals surface area contributed by atoms with Gasteiger partial charge in [0.2, 0.25) is 0 Å². The number of carbonyl (C=O) groups excluding carboxylic acids is 4. The van der Waals surface area contributed by atoms with Gasteiger partial charge < -0.3 is 10.1 Å². The van der Waals surface area contributed by atoms with Gasteiger partial charge in [-0.3, -0.25) is 19.3 Å². The Hall–Kier alpha value is -4.00. The van der Waals surface area contributed by atoms with Crippen LogP contribution in [0.3, 0.4) is 0 Å². The number of imide groups is 1. The summed E-state index contributed by atoms with van der Waals surface area (Å²) in [7, 11) is 0. The monoisotopic (exact) mass is 430 g/mol. The molecule has 162 valence electrons. The summed E-state index contributed by atoms with van der Waals surface area (Å²) in [5, 5.41) is 4.57. The van der Waals surface area contributed by atoms with Crippen molar-refractivity contribution in [2.75, 3.05) is 11.9 Å². The summed E-state index contributed by atoms with van der Waals surface area (Å²) in [6.07, 6.45) is 0. The van der Waals surface area contributed by atoms with E-state index in [1.807, 2.05) is 36.4 Å². The first-order chi connectivity index (χ1) is 15.4. The number of rotatable bonds is 6. The summed E-state index contributed by atoms with van der Waals surface area (Å²) in [5.74, 6) is -2.80. The lowest BCUT2D eigenvalue weighted by Crippen LogP contribution is -2.49. The molecule has 4 rings (SSSR count). The summed E-state index contributed by atoms with van der Waals surface area (Å²) < 4.78 is 5.22. The Morgan fingerprint density at radius 3 is 2.12 bits per heavy atom. The lowest BCUT2D eigenvalue weighted by Gasteiger charge is -2.27. The van der Waals surface area contributed by atoms with Crippen LogP contribution in [0.25, 0.3) is 10.8 Å². The summed E-state index contributed by atoms with van der Waals surface area (Å²) in [6.45, 7) is 2.89. The number of amides is 3. The summed E-state index contributed by atoms with van der Waals surface area (Å²) >= 11 is 0. The van der Waals surface area contributed by atoms with Gasteiger partial charge >= 0.3 is 5.97 Å². The number of esters is 1. The van der Waals surface area contributed by atoms with Gasteiger partial charge in [-0.05, 0) is 29.5 Å². The quantitative estimate of drug-likeness (QED) is 0.476. The third-order valence-electron chi connectivity index (χ3n) is 5.39. The van der Waals surface area contributed by atoms with Gasteiger partial charge in [0.25, 0.3) is 17.7 Å². The zero-order chi connectivity index (χ0) is 22.8. The first-order valence-electron chi connectivity index (χ1n) is 10.3. The molecule has 0 bridgehead atoms. The zero-order valence-electron chi connectivity index (χ0n) is 17.7. The number of nitrogens with one attached hydrogen (secondary N) is 1. The molecule has 1 heterocycles. The average molecular weight is 430 g/mol. The van der Waals surface area contributed by atoms with Gasteiger partial charge in [0.15, 0.2) is 6.61 Å². The van der Waals surface area contributed by atoms with Crippen LogP contribution in [0.1, 0.15) is 34.6 Å². The molecule has 32 heavy (non-hydrogen) atoms. The molecule has 3 aromatic rings. The van der Waals surface area contributed by atoms with Crippen molar-refractivity contribution in [1.29, 1.82) is 0 Å². The van der Waals surface area contributed by atoms with E-state index in [0.29, 0.717) is 5.69 Å². The number of hydrogen-bond donors (Lipinski definition) is 1. The van der Waals surface area contributed by atoms with Gasteiger partial charge in [-0.25, -0.2) is 4.79 Å². The van der Waals surface area contributed by atoms with Crippen LogP contribution in [0.2, 0.25) is 0 Å². The van der Waals surface area contributed by atoms with Gasteiger partial charge in [-0.15, -0.1) is 0 Å². The van der Waals surface area contributed by atoms with Crippen molar-refractivity contribution in [3.8, 4) is 0 Å². The van der Waals surface area contributed by atoms with E-state index in [1.54, 1.807) is 44.2 Å². The van der Waals surface area contributed by atoms with Gasteiger partial charge in [0.1, 0.15) is 6.04 Å². The molecule has 0 aromatic heterocycles. The lowest BCUT2D eigenvalue weighted by atomic mass is 10.0.